The Hall–Kier alpha value is -1.63. The van der Waals surface area contributed by atoms with Crippen LogP contribution in [0.2, 0.25) is 0 Å². The predicted molar refractivity (Wildman–Crippen MR) is 67.5 cm³/mol. The van der Waals surface area contributed by atoms with E-state index in [1.54, 1.807) is 0 Å². The maximum Gasteiger partial charge on any atom is 0.255 e. The average molecular weight is 287 g/mol. The van der Waals surface area contributed by atoms with Crippen molar-refractivity contribution in [3.05, 3.63) is 29.6 Å². The summed E-state index contributed by atoms with van der Waals surface area (Å²) in [4.78, 5) is 12.0. The van der Waals surface area contributed by atoms with Crippen LogP contribution in [0.4, 0.5) is 4.39 Å². The van der Waals surface area contributed by atoms with Gasteiger partial charge >= 0.3 is 0 Å². The third-order valence-electron chi connectivity index (χ3n) is 2.97. The number of rotatable bonds is 3. The van der Waals surface area contributed by atoms with Gasteiger partial charge in [-0.15, -0.1) is 0 Å². The van der Waals surface area contributed by atoms with Gasteiger partial charge in [-0.25, -0.2) is 12.8 Å². The van der Waals surface area contributed by atoms with Gasteiger partial charge in [-0.1, -0.05) is 0 Å². The molecule has 1 N–H and O–H groups in total. The molecule has 0 spiro atoms. The molecule has 7 heteroatoms. The van der Waals surface area contributed by atoms with E-state index < -0.39 is 27.6 Å². The molecule has 2 rings (SSSR count). The van der Waals surface area contributed by atoms with Crippen LogP contribution in [0.5, 0.6) is 5.75 Å². The summed E-state index contributed by atoms with van der Waals surface area (Å²) >= 11 is 0. The summed E-state index contributed by atoms with van der Waals surface area (Å²) in [6, 6.07) is 3.19. The van der Waals surface area contributed by atoms with Crippen LogP contribution in [0, 0.1) is 5.82 Å². The van der Waals surface area contributed by atoms with Crippen LogP contribution in [-0.2, 0) is 9.84 Å². The molecule has 104 valence electrons. The van der Waals surface area contributed by atoms with Gasteiger partial charge in [0.05, 0.1) is 24.2 Å². The topological polar surface area (TPSA) is 72.5 Å². The minimum absolute atomic E-state index is 0.0618. The molecule has 5 nitrogen and oxygen atoms in total. The molecule has 1 aliphatic heterocycles. The first-order valence-corrected chi connectivity index (χ1v) is 7.58. The lowest BCUT2D eigenvalue weighted by atomic mass is 10.1. The zero-order valence-electron chi connectivity index (χ0n) is 10.3. The molecular weight excluding hydrogens is 273 g/mol. The van der Waals surface area contributed by atoms with E-state index in [1.807, 2.05) is 0 Å². The SMILES string of the molecule is COc1ccc(F)cc1C(=O)N[C@@H]1CCS(=O)(=O)C1. The van der Waals surface area contributed by atoms with Gasteiger partial charge in [-0.05, 0) is 24.6 Å². The molecule has 1 fully saturated rings. The molecule has 0 unspecified atom stereocenters. The lowest BCUT2D eigenvalue weighted by molar-refractivity contribution is 0.0937. The van der Waals surface area contributed by atoms with E-state index in [4.69, 9.17) is 4.74 Å². The molecule has 1 heterocycles. The van der Waals surface area contributed by atoms with Crippen LogP contribution in [0.15, 0.2) is 18.2 Å². The van der Waals surface area contributed by atoms with Crippen LogP contribution >= 0.6 is 0 Å². The van der Waals surface area contributed by atoms with Gasteiger partial charge in [0, 0.05) is 6.04 Å². The predicted octanol–water partition coefficient (Wildman–Crippen LogP) is 0.751. The van der Waals surface area contributed by atoms with Crippen molar-refractivity contribution in [2.24, 2.45) is 0 Å². The third-order valence-corrected chi connectivity index (χ3v) is 4.74. The highest BCUT2D eigenvalue weighted by Gasteiger charge is 2.29. The van der Waals surface area contributed by atoms with Crippen LogP contribution in [0.1, 0.15) is 16.8 Å². The van der Waals surface area contributed by atoms with E-state index >= 15 is 0 Å². The first kappa shape index (κ1) is 13.8. The first-order chi connectivity index (χ1) is 8.91. The molecule has 1 saturated heterocycles. The number of halogens is 1. The van der Waals surface area contributed by atoms with Crippen LogP contribution in [0.25, 0.3) is 0 Å². The van der Waals surface area contributed by atoms with Crippen molar-refractivity contribution in [2.75, 3.05) is 18.6 Å². The second-order valence-electron chi connectivity index (χ2n) is 4.42. The highest BCUT2D eigenvalue weighted by Crippen LogP contribution is 2.20. The number of benzene rings is 1. The van der Waals surface area contributed by atoms with Gasteiger partial charge < -0.3 is 10.1 Å². The number of hydrogen-bond donors (Lipinski definition) is 1. The molecule has 1 atom stereocenters. The smallest absolute Gasteiger partial charge is 0.255 e. The molecule has 0 aromatic heterocycles. The number of carbonyl (C=O) groups is 1. The lowest BCUT2D eigenvalue weighted by Crippen LogP contribution is -2.35. The minimum Gasteiger partial charge on any atom is -0.496 e. The molecule has 19 heavy (non-hydrogen) atoms. The summed E-state index contributed by atoms with van der Waals surface area (Å²) in [5.41, 5.74) is 0.0618. The third kappa shape index (κ3) is 3.23. The van der Waals surface area contributed by atoms with Crippen molar-refractivity contribution in [3.8, 4) is 5.75 Å². The average Bonchev–Trinajstić information content (AvgIpc) is 2.68. The van der Waals surface area contributed by atoms with Gasteiger partial charge in [-0.3, -0.25) is 4.79 Å². The van der Waals surface area contributed by atoms with Gasteiger partial charge in [0.25, 0.3) is 5.91 Å². The number of amides is 1. The number of ether oxygens (including phenoxy) is 1. The van der Waals surface area contributed by atoms with Gasteiger partial charge in [0.15, 0.2) is 9.84 Å². The maximum absolute atomic E-state index is 13.1. The van der Waals surface area contributed by atoms with Gasteiger partial charge in [0.1, 0.15) is 11.6 Å². The normalized spacial score (nSPS) is 21.1. The van der Waals surface area contributed by atoms with E-state index in [9.17, 15) is 17.6 Å². The number of nitrogens with one attached hydrogen (secondary N) is 1. The van der Waals surface area contributed by atoms with E-state index in [1.165, 1.54) is 19.2 Å². The van der Waals surface area contributed by atoms with Crippen molar-refractivity contribution < 1.29 is 22.3 Å². The molecular formula is C12H14FNO4S. The van der Waals surface area contributed by atoms with Crippen molar-refractivity contribution >= 4 is 15.7 Å². The fourth-order valence-corrected chi connectivity index (χ4v) is 3.70. The summed E-state index contributed by atoms with van der Waals surface area (Å²) in [5, 5.41) is 2.59. The van der Waals surface area contributed by atoms with E-state index in [0.29, 0.717) is 6.42 Å². The van der Waals surface area contributed by atoms with Crippen molar-refractivity contribution in [2.45, 2.75) is 12.5 Å². The summed E-state index contributed by atoms with van der Waals surface area (Å²) in [6.45, 7) is 0. The second kappa shape index (κ2) is 5.16. The van der Waals surface area contributed by atoms with Crippen molar-refractivity contribution in [1.29, 1.82) is 0 Å². The van der Waals surface area contributed by atoms with E-state index in [-0.39, 0.29) is 22.8 Å². The Morgan fingerprint density at radius 2 is 2.21 bits per heavy atom. The molecule has 0 bridgehead atoms. The highest BCUT2D eigenvalue weighted by molar-refractivity contribution is 7.91. The number of carbonyl (C=O) groups excluding carboxylic acids is 1. The summed E-state index contributed by atoms with van der Waals surface area (Å²) < 4.78 is 40.7. The molecule has 0 saturated carbocycles. The Morgan fingerprint density at radius 3 is 2.79 bits per heavy atom. The number of hydrogen-bond acceptors (Lipinski definition) is 4. The van der Waals surface area contributed by atoms with E-state index in [2.05, 4.69) is 5.32 Å². The fraction of sp³-hybridized carbons (Fsp3) is 0.417. The van der Waals surface area contributed by atoms with Gasteiger partial charge in [0.2, 0.25) is 0 Å². The molecule has 1 amide bonds. The molecule has 0 radical (unpaired) electrons. The quantitative estimate of drug-likeness (QED) is 0.890. The van der Waals surface area contributed by atoms with Crippen LogP contribution in [-0.4, -0.2) is 39.0 Å². The zero-order valence-corrected chi connectivity index (χ0v) is 11.2. The Bertz CT molecular complexity index is 600. The molecule has 1 aliphatic rings. The standard InChI is InChI=1S/C12H14FNO4S/c1-18-11-3-2-8(13)6-10(11)12(15)14-9-4-5-19(16,17)7-9/h2-3,6,9H,4-5,7H2,1H3,(H,14,15)/t9-/m1/s1. The number of sulfone groups is 1. The Morgan fingerprint density at radius 1 is 1.47 bits per heavy atom. The van der Waals surface area contributed by atoms with Crippen molar-refractivity contribution in [3.63, 3.8) is 0 Å². The Kier molecular flexibility index (Phi) is 3.75. The molecule has 1 aromatic rings. The van der Waals surface area contributed by atoms with E-state index in [0.717, 1.165) is 6.07 Å². The first-order valence-electron chi connectivity index (χ1n) is 5.76. The van der Waals surface area contributed by atoms with Gasteiger partial charge in [-0.2, -0.15) is 0 Å². The largest absolute Gasteiger partial charge is 0.496 e. The van der Waals surface area contributed by atoms with Crippen LogP contribution < -0.4 is 10.1 Å². The molecule has 0 aliphatic carbocycles. The summed E-state index contributed by atoms with van der Waals surface area (Å²) in [7, 11) is -1.69. The second-order valence-corrected chi connectivity index (χ2v) is 6.65. The zero-order chi connectivity index (χ0) is 14.0. The summed E-state index contributed by atoms with van der Waals surface area (Å²) in [5.74, 6) is -0.836. The maximum atomic E-state index is 13.1. The van der Waals surface area contributed by atoms with Crippen molar-refractivity contribution in [1.82, 2.24) is 5.32 Å². The summed E-state index contributed by atoms with van der Waals surface area (Å²) in [6.07, 6.45) is 0.381. The minimum atomic E-state index is -3.07. The Balaban J connectivity index is 2.14. The number of methoxy groups -OCH3 is 1. The lowest BCUT2D eigenvalue weighted by Gasteiger charge is -2.13. The molecule has 1 aromatic carbocycles. The Labute approximate surface area is 110 Å². The highest BCUT2D eigenvalue weighted by atomic mass is 32.2. The fourth-order valence-electron chi connectivity index (χ4n) is 2.03. The monoisotopic (exact) mass is 287 g/mol. The van der Waals surface area contributed by atoms with Crippen LogP contribution in [0.3, 0.4) is 0 Å².